The van der Waals surface area contributed by atoms with Gasteiger partial charge in [-0.3, -0.25) is 4.79 Å². The van der Waals surface area contributed by atoms with Crippen molar-refractivity contribution in [2.24, 2.45) is 5.92 Å². The molecule has 0 atom stereocenters. The Morgan fingerprint density at radius 2 is 2.00 bits per heavy atom. The fourth-order valence-corrected chi connectivity index (χ4v) is 2.73. The van der Waals surface area contributed by atoms with Gasteiger partial charge in [-0.25, -0.2) is 0 Å². The van der Waals surface area contributed by atoms with E-state index in [1.54, 1.807) is 6.08 Å². The van der Waals surface area contributed by atoms with Gasteiger partial charge >= 0.3 is 0 Å². The predicted octanol–water partition coefficient (Wildman–Crippen LogP) is 2.24. The molecule has 3 nitrogen and oxygen atoms in total. The minimum Gasteiger partial charge on any atom is -0.342 e. The second-order valence-electron chi connectivity index (χ2n) is 5.43. The molecule has 1 fully saturated rings. The summed E-state index contributed by atoms with van der Waals surface area (Å²) in [6.07, 6.45) is 5.14. The van der Waals surface area contributed by atoms with Crippen LogP contribution in [0.2, 0.25) is 0 Å². The Kier molecular flexibility index (Phi) is 5.81. The molecule has 1 heterocycles. The van der Waals surface area contributed by atoms with Crippen LogP contribution in [0.25, 0.3) is 0 Å². The maximum Gasteiger partial charge on any atom is 0.236 e. The molecule has 1 saturated heterocycles. The Morgan fingerprint density at radius 1 is 1.30 bits per heavy atom. The molecule has 1 amide bonds. The first-order chi connectivity index (χ1) is 9.79. The Bertz CT molecular complexity index is 422. The summed E-state index contributed by atoms with van der Waals surface area (Å²) in [6, 6.07) is 10.6. The summed E-state index contributed by atoms with van der Waals surface area (Å²) in [5, 5.41) is 3.07. The van der Waals surface area contributed by atoms with E-state index in [9.17, 15) is 4.79 Å². The van der Waals surface area contributed by atoms with Gasteiger partial charge in [-0.05, 0) is 30.7 Å². The van der Waals surface area contributed by atoms with Crippen LogP contribution in [-0.4, -0.2) is 37.0 Å². The van der Waals surface area contributed by atoms with Crippen molar-refractivity contribution in [3.63, 3.8) is 0 Å². The Morgan fingerprint density at radius 3 is 2.65 bits per heavy atom. The molecule has 1 aromatic carbocycles. The SMILES string of the molecule is C=CCNCC(=O)N1CCC(Cc2ccccc2)CC1. The number of amides is 1. The van der Waals surface area contributed by atoms with E-state index in [1.807, 2.05) is 4.90 Å². The molecule has 1 aromatic rings. The fourth-order valence-electron chi connectivity index (χ4n) is 2.73. The molecule has 0 bridgehead atoms. The first-order valence-corrected chi connectivity index (χ1v) is 7.43. The maximum absolute atomic E-state index is 12.0. The van der Waals surface area contributed by atoms with Crippen molar-refractivity contribution in [2.75, 3.05) is 26.2 Å². The van der Waals surface area contributed by atoms with E-state index in [4.69, 9.17) is 0 Å². The van der Waals surface area contributed by atoms with Crippen molar-refractivity contribution in [1.29, 1.82) is 0 Å². The summed E-state index contributed by atoms with van der Waals surface area (Å²) >= 11 is 0. The quantitative estimate of drug-likeness (QED) is 0.636. The van der Waals surface area contributed by atoms with Crippen LogP contribution < -0.4 is 5.32 Å². The average molecular weight is 272 g/mol. The van der Waals surface area contributed by atoms with Crippen LogP contribution in [0.5, 0.6) is 0 Å². The minimum atomic E-state index is 0.213. The van der Waals surface area contributed by atoms with Gasteiger partial charge in [0.05, 0.1) is 6.54 Å². The van der Waals surface area contributed by atoms with Gasteiger partial charge in [0.25, 0.3) is 0 Å². The number of carbonyl (C=O) groups is 1. The molecule has 0 aromatic heterocycles. The van der Waals surface area contributed by atoms with Crippen LogP contribution in [0.4, 0.5) is 0 Å². The van der Waals surface area contributed by atoms with Crippen LogP contribution >= 0.6 is 0 Å². The zero-order valence-electron chi connectivity index (χ0n) is 12.1. The van der Waals surface area contributed by atoms with E-state index >= 15 is 0 Å². The molecule has 1 aliphatic rings. The summed E-state index contributed by atoms with van der Waals surface area (Å²) in [5.41, 5.74) is 1.41. The Balaban J connectivity index is 1.72. The highest BCUT2D eigenvalue weighted by molar-refractivity contribution is 5.78. The van der Waals surface area contributed by atoms with Crippen molar-refractivity contribution in [3.8, 4) is 0 Å². The molecular weight excluding hydrogens is 248 g/mol. The summed E-state index contributed by atoms with van der Waals surface area (Å²) in [7, 11) is 0. The molecule has 0 radical (unpaired) electrons. The molecule has 1 aliphatic heterocycles. The molecule has 20 heavy (non-hydrogen) atoms. The highest BCUT2D eigenvalue weighted by atomic mass is 16.2. The normalized spacial score (nSPS) is 16.1. The van der Waals surface area contributed by atoms with Crippen molar-refractivity contribution >= 4 is 5.91 Å². The summed E-state index contributed by atoms with van der Waals surface area (Å²) < 4.78 is 0. The van der Waals surface area contributed by atoms with E-state index in [2.05, 4.69) is 42.2 Å². The van der Waals surface area contributed by atoms with E-state index in [1.165, 1.54) is 5.56 Å². The molecule has 2 rings (SSSR count). The summed E-state index contributed by atoms with van der Waals surface area (Å²) in [4.78, 5) is 14.0. The van der Waals surface area contributed by atoms with Crippen LogP contribution in [0.3, 0.4) is 0 Å². The fraction of sp³-hybridized carbons (Fsp3) is 0.471. The number of benzene rings is 1. The lowest BCUT2D eigenvalue weighted by Crippen LogP contribution is -2.43. The molecule has 3 heteroatoms. The van der Waals surface area contributed by atoms with Crippen molar-refractivity contribution in [1.82, 2.24) is 10.2 Å². The number of nitrogens with one attached hydrogen (secondary N) is 1. The smallest absolute Gasteiger partial charge is 0.236 e. The van der Waals surface area contributed by atoms with E-state index < -0.39 is 0 Å². The van der Waals surface area contributed by atoms with Crippen molar-refractivity contribution in [3.05, 3.63) is 48.6 Å². The zero-order chi connectivity index (χ0) is 14.2. The third-order valence-corrected chi connectivity index (χ3v) is 3.90. The Labute approximate surface area is 121 Å². The number of likely N-dealkylation sites (tertiary alicyclic amines) is 1. The molecule has 0 unspecified atom stereocenters. The topological polar surface area (TPSA) is 32.3 Å². The van der Waals surface area contributed by atoms with Gasteiger partial charge in [-0.15, -0.1) is 6.58 Å². The number of piperidine rings is 1. The van der Waals surface area contributed by atoms with Crippen molar-refractivity contribution in [2.45, 2.75) is 19.3 Å². The van der Waals surface area contributed by atoms with Gasteiger partial charge in [-0.1, -0.05) is 36.4 Å². The second kappa shape index (κ2) is 7.85. The van der Waals surface area contributed by atoms with E-state index in [-0.39, 0.29) is 5.91 Å². The van der Waals surface area contributed by atoms with Gasteiger partial charge in [0.15, 0.2) is 0 Å². The van der Waals surface area contributed by atoms with Gasteiger partial charge in [-0.2, -0.15) is 0 Å². The summed E-state index contributed by atoms with van der Waals surface area (Å²) in [6.45, 7) is 6.54. The maximum atomic E-state index is 12.0. The third kappa shape index (κ3) is 4.49. The first-order valence-electron chi connectivity index (χ1n) is 7.43. The van der Waals surface area contributed by atoms with Crippen LogP contribution in [0, 0.1) is 5.92 Å². The summed E-state index contributed by atoms with van der Waals surface area (Å²) in [5.74, 6) is 0.924. The highest BCUT2D eigenvalue weighted by Crippen LogP contribution is 2.21. The lowest BCUT2D eigenvalue weighted by molar-refractivity contribution is -0.131. The van der Waals surface area contributed by atoms with Gasteiger partial charge in [0.2, 0.25) is 5.91 Å². The largest absolute Gasteiger partial charge is 0.342 e. The van der Waals surface area contributed by atoms with E-state index in [0.717, 1.165) is 32.4 Å². The highest BCUT2D eigenvalue weighted by Gasteiger charge is 2.22. The zero-order valence-corrected chi connectivity index (χ0v) is 12.1. The molecule has 0 saturated carbocycles. The lowest BCUT2D eigenvalue weighted by atomic mass is 9.90. The number of rotatable bonds is 6. The molecular formula is C17H24N2O. The van der Waals surface area contributed by atoms with Crippen LogP contribution in [0.1, 0.15) is 18.4 Å². The van der Waals surface area contributed by atoms with Gasteiger partial charge in [0, 0.05) is 19.6 Å². The Hall–Kier alpha value is -1.61. The predicted molar refractivity (Wildman–Crippen MR) is 82.5 cm³/mol. The second-order valence-corrected chi connectivity index (χ2v) is 5.43. The lowest BCUT2D eigenvalue weighted by Gasteiger charge is -2.32. The van der Waals surface area contributed by atoms with E-state index in [0.29, 0.717) is 19.0 Å². The van der Waals surface area contributed by atoms with Gasteiger partial charge in [0.1, 0.15) is 0 Å². The van der Waals surface area contributed by atoms with Gasteiger partial charge < -0.3 is 10.2 Å². The molecule has 1 N–H and O–H groups in total. The third-order valence-electron chi connectivity index (χ3n) is 3.90. The molecule has 0 spiro atoms. The first kappa shape index (κ1) is 14.8. The number of carbonyl (C=O) groups excluding carboxylic acids is 1. The average Bonchev–Trinajstić information content (AvgIpc) is 2.49. The number of nitrogens with zero attached hydrogens (tertiary/aromatic N) is 1. The number of hydrogen-bond acceptors (Lipinski definition) is 2. The standard InChI is InChI=1S/C17H24N2O/c1-2-10-18-14-17(20)19-11-8-16(9-12-19)13-15-6-4-3-5-7-15/h2-7,16,18H,1,8-14H2. The molecule has 0 aliphatic carbocycles. The number of hydrogen-bond donors (Lipinski definition) is 1. The monoisotopic (exact) mass is 272 g/mol. The molecule has 108 valence electrons. The minimum absolute atomic E-state index is 0.213. The van der Waals surface area contributed by atoms with Crippen molar-refractivity contribution < 1.29 is 4.79 Å². The van der Waals surface area contributed by atoms with Crippen LogP contribution in [-0.2, 0) is 11.2 Å². The van der Waals surface area contributed by atoms with Crippen LogP contribution in [0.15, 0.2) is 43.0 Å².